The summed E-state index contributed by atoms with van der Waals surface area (Å²) >= 11 is 0. The van der Waals surface area contributed by atoms with Gasteiger partial charge in [0.05, 0.1) is 0 Å². The first-order chi connectivity index (χ1) is 11.3. The number of ether oxygens (including phenoxy) is 1. The van der Waals surface area contributed by atoms with Gasteiger partial charge in [0.1, 0.15) is 6.10 Å². The second-order valence-corrected chi connectivity index (χ2v) is 6.09. The van der Waals surface area contributed by atoms with Crippen LogP contribution in [0.25, 0.3) is 0 Å². The molecule has 1 aromatic rings. The van der Waals surface area contributed by atoms with Gasteiger partial charge in [-0.1, -0.05) is 25.8 Å². The molecule has 0 amide bonds. The van der Waals surface area contributed by atoms with Gasteiger partial charge < -0.3 is 15.4 Å². The molecule has 0 saturated heterocycles. The summed E-state index contributed by atoms with van der Waals surface area (Å²) in [5, 5.41) is 6.64. The van der Waals surface area contributed by atoms with Crippen LogP contribution in [0.1, 0.15) is 57.4 Å². The molecular formula is C18H30N4O. The van der Waals surface area contributed by atoms with E-state index in [0.29, 0.717) is 12.6 Å². The van der Waals surface area contributed by atoms with Crippen LogP contribution in [0.2, 0.25) is 0 Å². The van der Waals surface area contributed by atoms with Gasteiger partial charge in [-0.15, -0.1) is 0 Å². The van der Waals surface area contributed by atoms with Crippen molar-refractivity contribution in [2.75, 3.05) is 13.6 Å². The Labute approximate surface area is 139 Å². The van der Waals surface area contributed by atoms with E-state index in [1.165, 1.54) is 32.1 Å². The Morgan fingerprint density at radius 1 is 1.26 bits per heavy atom. The zero-order valence-electron chi connectivity index (χ0n) is 14.5. The lowest BCUT2D eigenvalue weighted by Gasteiger charge is -2.13. The smallest absolute Gasteiger partial charge is 0.213 e. The van der Waals surface area contributed by atoms with E-state index in [4.69, 9.17) is 4.74 Å². The number of aromatic nitrogens is 1. The van der Waals surface area contributed by atoms with Gasteiger partial charge in [-0.3, -0.25) is 4.99 Å². The molecular weight excluding hydrogens is 288 g/mol. The Balaban J connectivity index is 1.71. The molecule has 0 spiro atoms. The molecule has 1 fully saturated rings. The van der Waals surface area contributed by atoms with Crippen LogP contribution in [0, 0.1) is 0 Å². The third-order valence-corrected chi connectivity index (χ3v) is 4.14. The second kappa shape index (κ2) is 10.1. The molecule has 0 bridgehead atoms. The van der Waals surface area contributed by atoms with E-state index < -0.39 is 0 Å². The van der Waals surface area contributed by atoms with Crippen LogP contribution in [-0.4, -0.2) is 30.6 Å². The fourth-order valence-electron chi connectivity index (χ4n) is 2.75. The van der Waals surface area contributed by atoms with Crippen LogP contribution in [0.3, 0.4) is 0 Å². The third-order valence-electron chi connectivity index (χ3n) is 4.14. The van der Waals surface area contributed by atoms with Crippen molar-refractivity contribution in [2.24, 2.45) is 4.99 Å². The maximum Gasteiger partial charge on any atom is 0.213 e. The zero-order valence-corrected chi connectivity index (χ0v) is 14.5. The molecule has 0 radical (unpaired) electrons. The van der Waals surface area contributed by atoms with Crippen LogP contribution in [0.5, 0.6) is 5.88 Å². The first kappa shape index (κ1) is 17.6. The molecule has 0 atom stereocenters. The summed E-state index contributed by atoms with van der Waals surface area (Å²) in [4.78, 5) is 8.65. The van der Waals surface area contributed by atoms with Crippen molar-refractivity contribution in [1.82, 2.24) is 15.6 Å². The summed E-state index contributed by atoms with van der Waals surface area (Å²) in [6.07, 6.45) is 10.8. The largest absolute Gasteiger partial charge is 0.474 e. The van der Waals surface area contributed by atoms with E-state index in [1.54, 1.807) is 7.05 Å². The summed E-state index contributed by atoms with van der Waals surface area (Å²) in [5.74, 6) is 1.58. The average molecular weight is 318 g/mol. The quantitative estimate of drug-likeness (QED) is 0.439. The molecule has 128 valence electrons. The fourth-order valence-corrected chi connectivity index (χ4v) is 2.75. The number of hydrogen-bond acceptors (Lipinski definition) is 3. The Bertz CT molecular complexity index is 466. The molecule has 1 heterocycles. The number of rotatable bonds is 8. The monoisotopic (exact) mass is 318 g/mol. The van der Waals surface area contributed by atoms with Gasteiger partial charge in [0.15, 0.2) is 5.96 Å². The van der Waals surface area contributed by atoms with Gasteiger partial charge in [0.2, 0.25) is 5.88 Å². The first-order valence-corrected chi connectivity index (χ1v) is 8.88. The highest BCUT2D eigenvalue weighted by Crippen LogP contribution is 2.22. The normalized spacial score (nSPS) is 15.7. The van der Waals surface area contributed by atoms with Crippen LogP contribution < -0.4 is 15.4 Å². The topological polar surface area (TPSA) is 58.5 Å². The maximum absolute atomic E-state index is 5.89. The average Bonchev–Trinajstić information content (AvgIpc) is 3.08. The van der Waals surface area contributed by atoms with Crippen molar-refractivity contribution in [1.29, 1.82) is 0 Å². The molecule has 0 aliphatic heterocycles. The summed E-state index contributed by atoms with van der Waals surface area (Å²) in [6.45, 7) is 3.88. The number of hydrogen-bond donors (Lipinski definition) is 2. The Hall–Kier alpha value is -1.78. The second-order valence-electron chi connectivity index (χ2n) is 6.09. The first-order valence-electron chi connectivity index (χ1n) is 8.88. The molecule has 0 unspecified atom stereocenters. The van der Waals surface area contributed by atoms with E-state index in [0.717, 1.165) is 36.8 Å². The number of nitrogens with zero attached hydrogens (tertiary/aromatic N) is 2. The van der Waals surface area contributed by atoms with Crippen LogP contribution in [-0.2, 0) is 6.54 Å². The maximum atomic E-state index is 5.89. The zero-order chi connectivity index (χ0) is 16.3. The third kappa shape index (κ3) is 6.47. The van der Waals surface area contributed by atoms with Crippen molar-refractivity contribution in [2.45, 2.75) is 64.5 Å². The van der Waals surface area contributed by atoms with Gasteiger partial charge in [0.25, 0.3) is 0 Å². The van der Waals surface area contributed by atoms with Crippen LogP contribution in [0.4, 0.5) is 0 Å². The summed E-state index contributed by atoms with van der Waals surface area (Å²) in [7, 11) is 1.80. The fraction of sp³-hybridized carbons (Fsp3) is 0.667. The van der Waals surface area contributed by atoms with Gasteiger partial charge in [-0.05, 0) is 37.7 Å². The molecule has 1 aromatic heterocycles. The summed E-state index contributed by atoms with van der Waals surface area (Å²) in [5.41, 5.74) is 1.13. The van der Waals surface area contributed by atoms with E-state index in [1.807, 2.05) is 12.3 Å². The highest BCUT2D eigenvalue weighted by molar-refractivity contribution is 5.79. The Kier molecular flexibility index (Phi) is 7.70. The number of pyridine rings is 1. The van der Waals surface area contributed by atoms with Crippen molar-refractivity contribution in [3.8, 4) is 5.88 Å². The molecule has 1 aliphatic rings. The predicted molar refractivity (Wildman–Crippen MR) is 94.8 cm³/mol. The molecule has 23 heavy (non-hydrogen) atoms. The van der Waals surface area contributed by atoms with Crippen molar-refractivity contribution in [3.05, 3.63) is 23.9 Å². The van der Waals surface area contributed by atoms with Gasteiger partial charge in [0, 0.05) is 32.4 Å². The summed E-state index contributed by atoms with van der Waals surface area (Å²) < 4.78 is 5.89. The highest BCUT2D eigenvalue weighted by atomic mass is 16.5. The lowest BCUT2D eigenvalue weighted by atomic mass is 10.2. The number of aliphatic imine (C=N–C) groups is 1. The molecule has 1 saturated carbocycles. The Morgan fingerprint density at radius 3 is 2.74 bits per heavy atom. The van der Waals surface area contributed by atoms with Crippen molar-refractivity contribution >= 4 is 5.96 Å². The SMILES string of the molecule is CCCCCNC(=NC)NCc1ccc(OC2CCCC2)nc1. The molecule has 2 N–H and O–H groups in total. The lowest BCUT2D eigenvalue weighted by molar-refractivity contribution is 0.201. The van der Waals surface area contributed by atoms with E-state index in [9.17, 15) is 0 Å². The summed E-state index contributed by atoms with van der Waals surface area (Å²) in [6, 6.07) is 4.03. The van der Waals surface area contributed by atoms with Crippen LogP contribution in [0.15, 0.2) is 23.3 Å². The highest BCUT2D eigenvalue weighted by Gasteiger charge is 2.16. The molecule has 0 aromatic carbocycles. The Morgan fingerprint density at radius 2 is 2.09 bits per heavy atom. The number of nitrogens with one attached hydrogen (secondary N) is 2. The minimum Gasteiger partial charge on any atom is -0.474 e. The van der Waals surface area contributed by atoms with Crippen molar-refractivity contribution in [3.63, 3.8) is 0 Å². The molecule has 2 rings (SSSR count). The van der Waals surface area contributed by atoms with Gasteiger partial charge >= 0.3 is 0 Å². The standard InChI is InChI=1S/C18H30N4O/c1-3-4-7-12-20-18(19-2)22-14-15-10-11-17(21-13-15)23-16-8-5-6-9-16/h10-11,13,16H,3-9,12,14H2,1-2H3,(H2,19,20,22). The minimum atomic E-state index is 0.359. The number of unbranched alkanes of at least 4 members (excludes halogenated alkanes) is 2. The van der Waals surface area contributed by atoms with Crippen LogP contribution >= 0.6 is 0 Å². The van der Waals surface area contributed by atoms with Crippen molar-refractivity contribution < 1.29 is 4.74 Å². The van der Waals surface area contributed by atoms with E-state index >= 15 is 0 Å². The minimum absolute atomic E-state index is 0.359. The van der Waals surface area contributed by atoms with E-state index in [2.05, 4.69) is 33.6 Å². The predicted octanol–water partition coefficient (Wildman–Crippen LogP) is 3.26. The van der Waals surface area contributed by atoms with Gasteiger partial charge in [-0.25, -0.2) is 4.98 Å². The van der Waals surface area contributed by atoms with E-state index in [-0.39, 0.29) is 0 Å². The molecule has 1 aliphatic carbocycles. The number of guanidine groups is 1. The lowest BCUT2D eigenvalue weighted by Crippen LogP contribution is -2.37. The molecule has 5 heteroatoms. The van der Waals surface area contributed by atoms with Gasteiger partial charge in [-0.2, -0.15) is 0 Å². The molecule has 5 nitrogen and oxygen atoms in total.